The number of benzene rings is 2. The zero-order valence-corrected chi connectivity index (χ0v) is 12.1. The third kappa shape index (κ3) is 3.68. The van der Waals surface area contributed by atoms with Gasteiger partial charge in [-0.2, -0.15) is 0 Å². The number of nitrogens with one attached hydrogen (secondary N) is 1. The monoisotopic (exact) mass is 253 g/mol. The first-order chi connectivity index (χ1) is 9.22. The minimum absolute atomic E-state index is 0.382. The molecule has 2 aromatic carbocycles. The van der Waals surface area contributed by atoms with Crippen LogP contribution >= 0.6 is 0 Å². The highest BCUT2D eigenvalue weighted by atomic mass is 14.9. The molecule has 0 saturated heterocycles. The lowest BCUT2D eigenvalue weighted by Gasteiger charge is -2.17. The predicted octanol–water partition coefficient (Wildman–Crippen LogP) is 4.06. The minimum atomic E-state index is 0.382. The summed E-state index contributed by atoms with van der Waals surface area (Å²) in [5.74, 6) is 0. The van der Waals surface area contributed by atoms with Crippen molar-refractivity contribution in [2.24, 2.45) is 0 Å². The van der Waals surface area contributed by atoms with Gasteiger partial charge in [-0.05, 0) is 43.5 Å². The lowest BCUT2D eigenvalue weighted by molar-refractivity contribution is 0.591. The smallest absolute Gasteiger partial charge is 0.0358 e. The van der Waals surface area contributed by atoms with E-state index in [0.29, 0.717) is 6.04 Å². The van der Waals surface area contributed by atoms with Crippen LogP contribution < -0.4 is 5.32 Å². The first-order valence-corrected chi connectivity index (χ1v) is 7.04. The van der Waals surface area contributed by atoms with Crippen molar-refractivity contribution in [1.82, 2.24) is 5.32 Å². The fraction of sp³-hybridized carbons (Fsp3) is 0.333. The van der Waals surface area contributed by atoms with Crippen LogP contribution in [0.4, 0.5) is 0 Å². The van der Waals surface area contributed by atoms with Crippen molar-refractivity contribution in [1.29, 1.82) is 0 Å². The van der Waals surface area contributed by atoms with E-state index in [1.807, 2.05) is 7.05 Å². The van der Waals surface area contributed by atoms with Gasteiger partial charge in [0.25, 0.3) is 0 Å². The molecular formula is C18H23N. The number of aryl methyl sites for hydroxylation is 2. The lowest BCUT2D eigenvalue weighted by Crippen LogP contribution is -2.18. The molecule has 0 amide bonds. The van der Waals surface area contributed by atoms with Crippen molar-refractivity contribution in [3.8, 4) is 0 Å². The maximum Gasteiger partial charge on any atom is 0.0358 e. The average Bonchev–Trinajstić information content (AvgIpc) is 2.45. The molecule has 0 heterocycles. The number of likely N-dealkylation sites (N-methyl/N-ethyl adjacent to an activating group) is 1. The molecule has 1 N–H and O–H groups in total. The molecule has 0 saturated carbocycles. The molecule has 1 nitrogen and oxygen atoms in total. The van der Waals surface area contributed by atoms with E-state index in [1.165, 1.54) is 22.3 Å². The third-order valence-corrected chi connectivity index (χ3v) is 3.66. The third-order valence-electron chi connectivity index (χ3n) is 3.66. The van der Waals surface area contributed by atoms with Crippen molar-refractivity contribution in [3.63, 3.8) is 0 Å². The molecule has 0 aliphatic rings. The van der Waals surface area contributed by atoms with Crippen LogP contribution in [-0.4, -0.2) is 7.05 Å². The summed E-state index contributed by atoms with van der Waals surface area (Å²) >= 11 is 0. The Morgan fingerprint density at radius 3 is 2.26 bits per heavy atom. The Morgan fingerprint density at radius 2 is 1.68 bits per heavy atom. The van der Waals surface area contributed by atoms with Crippen molar-refractivity contribution < 1.29 is 0 Å². The van der Waals surface area contributed by atoms with Gasteiger partial charge in [-0.1, -0.05) is 61.0 Å². The second kappa shape index (κ2) is 6.53. The maximum absolute atomic E-state index is 3.42. The van der Waals surface area contributed by atoms with Gasteiger partial charge in [0.15, 0.2) is 0 Å². The average molecular weight is 253 g/mol. The van der Waals surface area contributed by atoms with Crippen LogP contribution in [-0.2, 0) is 12.8 Å². The Hall–Kier alpha value is -1.60. The number of hydrogen-bond acceptors (Lipinski definition) is 1. The number of rotatable bonds is 5. The van der Waals surface area contributed by atoms with Crippen LogP contribution in [0.1, 0.15) is 35.2 Å². The van der Waals surface area contributed by atoms with E-state index in [-0.39, 0.29) is 0 Å². The highest BCUT2D eigenvalue weighted by molar-refractivity contribution is 5.28. The van der Waals surface area contributed by atoms with E-state index in [9.17, 15) is 0 Å². The van der Waals surface area contributed by atoms with Crippen molar-refractivity contribution in [2.75, 3.05) is 7.05 Å². The van der Waals surface area contributed by atoms with E-state index in [1.54, 1.807) is 0 Å². The molecule has 0 aliphatic carbocycles. The Kier molecular flexibility index (Phi) is 4.75. The molecule has 1 heteroatoms. The number of hydrogen-bond donors (Lipinski definition) is 1. The summed E-state index contributed by atoms with van der Waals surface area (Å²) < 4.78 is 0. The van der Waals surface area contributed by atoms with Gasteiger partial charge in [0.05, 0.1) is 0 Å². The van der Waals surface area contributed by atoms with Crippen LogP contribution in [0.3, 0.4) is 0 Å². The quantitative estimate of drug-likeness (QED) is 0.847. The van der Waals surface area contributed by atoms with Gasteiger partial charge in [0.1, 0.15) is 0 Å². The van der Waals surface area contributed by atoms with Crippen molar-refractivity contribution in [3.05, 3.63) is 70.8 Å². The van der Waals surface area contributed by atoms with Crippen LogP contribution in [0.15, 0.2) is 48.5 Å². The molecule has 0 radical (unpaired) electrons. The van der Waals surface area contributed by atoms with Gasteiger partial charge in [-0.15, -0.1) is 0 Å². The molecule has 0 aromatic heterocycles. The van der Waals surface area contributed by atoms with Gasteiger partial charge in [-0.3, -0.25) is 0 Å². The summed E-state index contributed by atoms with van der Waals surface area (Å²) in [6, 6.07) is 18.1. The molecule has 0 aliphatic heterocycles. The highest BCUT2D eigenvalue weighted by Crippen LogP contribution is 2.19. The van der Waals surface area contributed by atoms with E-state index >= 15 is 0 Å². The van der Waals surface area contributed by atoms with E-state index in [2.05, 4.69) is 67.7 Å². The van der Waals surface area contributed by atoms with E-state index in [4.69, 9.17) is 0 Å². The summed E-state index contributed by atoms with van der Waals surface area (Å²) in [6.45, 7) is 4.34. The van der Waals surface area contributed by atoms with E-state index < -0.39 is 0 Å². The van der Waals surface area contributed by atoms with Crippen molar-refractivity contribution >= 4 is 0 Å². The molecule has 1 atom stereocenters. The van der Waals surface area contributed by atoms with Gasteiger partial charge in [0.2, 0.25) is 0 Å². The largest absolute Gasteiger partial charge is 0.313 e. The lowest BCUT2D eigenvalue weighted by atomic mass is 9.97. The summed E-state index contributed by atoms with van der Waals surface area (Å²) in [4.78, 5) is 0. The van der Waals surface area contributed by atoms with Crippen LogP contribution in [0, 0.1) is 6.92 Å². The molecule has 100 valence electrons. The summed E-state index contributed by atoms with van der Waals surface area (Å²) in [6.07, 6.45) is 2.14. The highest BCUT2D eigenvalue weighted by Gasteiger charge is 2.10. The second-order valence-corrected chi connectivity index (χ2v) is 5.13. The summed E-state index contributed by atoms with van der Waals surface area (Å²) in [5.41, 5.74) is 5.47. The summed E-state index contributed by atoms with van der Waals surface area (Å²) in [5, 5.41) is 3.42. The Morgan fingerprint density at radius 1 is 1.00 bits per heavy atom. The van der Waals surface area contributed by atoms with Gasteiger partial charge in [-0.25, -0.2) is 0 Å². The predicted molar refractivity (Wildman–Crippen MR) is 82.5 cm³/mol. The topological polar surface area (TPSA) is 12.0 Å². The fourth-order valence-electron chi connectivity index (χ4n) is 2.42. The molecule has 0 fully saturated rings. The molecule has 19 heavy (non-hydrogen) atoms. The first kappa shape index (κ1) is 13.8. The SMILES string of the molecule is CCc1ccc(CC(NC)c2cccc(C)c2)cc1. The van der Waals surface area contributed by atoms with E-state index in [0.717, 1.165) is 12.8 Å². The summed E-state index contributed by atoms with van der Waals surface area (Å²) in [7, 11) is 2.04. The normalized spacial score (nSPS) is 12.4. The van der Waals surface area contributed by atoms with Crippen molar-refractivity contribution in [2.45, 2.75) is 32.7 Å². The second-order valence-electron chi connectivity index (χ2n) is 5.13. The Bertz CT molecular complexity index is 513. The van der Waals surface area contributed by atoms with Gasteiger partial charge in [0, 0.05) is 6.04 Å². The minimum Gasteiger partial charge on any atom is -0.313 e. The zero-order valence-electron chi connectivity index (χ0n) is 12.1. The molecular weight excluding hydrogens is 230 g/mol. The van der Waals surface area contributed by atoms with Crippen LogP contribution in [0.25, 0.3) is 0 Å². The molecule has 2 aromatic rings. The fourth-order valence-corrected chi connectivity index (χ4v) is 2.42. The molecule has 2 rings (SSSR count). The molecule has 1 unspecified atom stereocenters. The Balaban J connectivity index is 2.14. The van der Waals surface area contributed by atoms with Crippen LogP contribution in [0.5, 0.6) is 0 Å². The van der Waals surface area contributed by atoms with Crippen LogP contribution in [0.2, 0.25) is 0 Å². The van der Waals surface area contributed by atoms with Gasteiger partial charge >= 0.3 is 0 Å². The molecule has 0 bridgehead atoms. The Labute approximate surface area is 116 Å². The zero-order chi connectivity index (χ0) is 13.7. The first-order valence-electron chi connectivity index (χ1n) is 7.04. The maximum atomic E-state index is 3.42. The molecule has 0 spiro atoms. The standard InChI is InChI=1S/C18H23N/c1-4-15-8-10-16(11-9-15)13-18(19-3)17-7-5-6-14(2)12-17/h5-12,18-19H,4,13H2,1-3H3. The van der Waals surface area contributed by atoms with Gasteiger partial charge < -0.3 is 5.32 Å².